The number of halogens is 1. The number of benzene rings is 1. The van der Waals surface area contributed by atoms with E-state index < -0.39 is 0 Å². The third-order valence-corrected chi connectivity index (χ3v) is 3.86. The van der Waals surface area contributed by atoms with Crippen molar-refractivity contribution in [2.75, 3.05) is 6.54 Å². The highest BCUT2D eigenvalue weighted by molar-refractivity contribution is 9.10. The summed E-state index contributed by atoms with van der Waals surface area (Å²) < 4.78 is 6.70. The van der Waals surface area contributed by atoms with Crippen molar-refractivity contribution in [1.29, 1.82) is 0 Å². The first-order valence-electron chi connectivity index (χ1n) is 6.54. The fourth-order valence-electron chi connectivity index (χ4n) is 1.61. The highest BCUT2D eigenvalue weighted by Crippen LogP contribution is 2.20. The van der Waals surface area contributed by atoms with Gasteiger partial charge in [0, 0.05) is 11.0 Å². The molecule has 0 aliphatic heterocycles. The van der Waals surface area contributed by atoms with E-state index >= 15 is 0 Å². The van der Waals surface area contributed by atoms with Crippen molar-refractivity contribution in [1.82, 2.24) is 15.5 Å². The van der Waals surface area contributed by atoms with E-state index in [2.05, 4.69) is 45.3 Å². The van der Waals surface area contributed by atoms with Gasteiger partial charge in [-0.25, -0.2) is 0 Å². The molecule has 0 aliphatic rings. The van der Waals surface area contributed by atoms with Gasteiger partial charge in [-0.2, -0.15) is 0 Å². The molecule has 0 spiro atoms. The van der Waals surface area contributed by atoms with E-state index in [1.807, 2.05) is 24.3 Å². The molecule has 1 aromatic carbocycles. The van der Waals surface area contributed by atoms with Crippen molar-refractivity contribution in [2.24, 2.45) is 5.92 Å². The molecule has 1 heterocycles. The molecule has 0 bridgehead atoms. The van der Waals surface area contributed by atoms with Gasteiger partial charge < -0.3 is 10.1 Å². The monoisotopic (exact) mass is 355 g/mol. The molecular formula is C14H18BrN3OS. The molecule has 0 saturated carbocycles. The van der Waals surface area contributed by atoms with Gasteiger partial charge in [-0.15, -0.1) is 5.10 Å². The van der Waals surface area contributed by atoms with Crippen LogP contribution in [0, 0.1) is 5.92 Å². The Morgan fingerprint density at radius 3 is 2.95 bits per heavy atom. The summed E-state index contributed by atoms with van der Waals surface area (Å²) in [5, 5.41) is 13.1. The second-order valence-corrected chi connectivity index (χ2v) is 6.85. The lowest BCUT2D eigenvalue weighted by atomic mass is 10.2. The van der Waals surface area contributed by atoms with Crippen molar-refractivity contribution in [3.8, 4) is 5.19 Å². The summed E-state index contributed by atoms with van der Waals surface area (Å²) >= 11 is 4.93. The van der Waals surface area contributed by atoms with Crippen molar-refractivity contribution >= 4 is 27.3 Å². The molecule has 0 aliphatic carbocycles. The van der Waals surface area contributed by atoms with Gasteiger partial charge >= 0.3 is 0 Å². The number of nitrogens with one attached hydrogen (secondary N) is 1. The van der Waals surface area contributed by atoms with Gasteiger partial charge in [0.1, 0.15) is 11.6 Å². The first-order valence-corrected chi connectivity index (χ1v) is 8.15. The van der Waals surface area contributed by atoms with Crippen LogP contribution >= 0.6 is 27.3 Å². The van der Waals surface area contributed by atoms with E-state index in [-0.39, 0.29) is 0 Å². The molecule has 20 heavy (non-hydrogen) atoms. The summed E-state index contributed by atoms with van der Waals surface area (Å²) in [7, 11) is 0. The molecule has 108 valence electrons. The van der Waals surface area contributed by atoms with Crippen LogP contribution in [0.15, 0.2) is 28.7 Å². The molecule has 0 radical (unpaired) electrons. The van der Waals surface area contributed by atoms with Gasteiger partial charge in [-0.1, -0.05) is 58.3 Å². The molecule has 0 unspecified atom stereocenters. The molecular weight excluding hydrogens is 338 g/mol. The van der Waals surface area contributed by atoms with Crippen LogP contribution in [0.1, 0.15) is 24.4 Å². The third-order valence-electron chi connectivity index (χ3n) is 2.53. The fourth-order valence-corrected chi connectivity index (χ4v) is 2.71. The first kappa shape index (κ1) is 15.4. The second-order valence-electron chi connectivity index (χ2n) is 4.91. The highest BCUT2D eigenvalue weighted by Gasteiger charge is 2.05. The number of hydrogen-bond donors (Lipinski definition) is 1. The summed E-state index contributed by atoms with van der Waals surface area (Å²) in [6.45, 7) is 6.59. The van der Waals surface area contributed by atoms with Crippen LogP contribution in [0.5, 0.6) is 5.19 Å². The highest BCUT2D eigenvalue weighted by atomic mass is 79.9. The average Bonchev–Trinajstić information content (AvgIpc) is 2.84. The molecule has 2 rings (SSSR count). The lowest BCUT2D eigenvalue weighted by molar-refractivity contribution is 0.302. The van der Waals surface area contributed by atoms with Crippen LogP contribution in [0.4, 0.5) is 0 Å². The van der Waals surface area contributed by atoms with Gasteiger partial charge in [-0.05, 0) is 30.2 Å². The maximum Gasteiger partial charge on any atom is 0.294 e. The SMILES string of the molecule is CC(C)CNCc1nnc(OCc2cccc(Br)c2)s1. The van der Waals surface area contributed by atoms with E-state index in [4.69, 9.17) is 4.74 Å². The standard InChI is InChI=1S/C14H18BrN3OS/c1-10(2)7-16-8-13-17-18-14(20-13)19-9-11-4-3-5-12(15)6-11/h3-6,10,16H,7-9H2,1-2H3. The van der Waals surface area contributed by atoms with Crippen LogP contribution in [-0.2, 0) is 13.2 Å². The van der Waals surface area contributed by atoms with E-state index in [9.17, 15) is 0 Å². The molecule has 4 nitrogen and oxygen atoms in total. The molecule has 2 aromatic rings. The van der Waals surface area contributed by atoms with Crippen LogP contribution in [-0.4, -0.2) is 16.7 Å². The Balaban J connectivity index is 1.80. The van der Waals surface area contributed by atoms with E-state index in [1.54, 1.807) is 0 Å². The van der Waals surface area contributed by atoms with Gasteiger partial charge in [-0.3, -0.25) is 0 Å². The minimum atomic E-state index is 0.507. The van der Waals surface area contributed by atoms with Crippen molar-refractivity contribution in [3.05, 3.63) is 39.3 Å². The Labute approximate surface area is 131 Å². The average molecular weight is 356 g/mol. The summed E-state index contributed by atoms with van der Waals surface area (Å²) in [5.41, 5.74) is 1.11. The maximum absolute atomic E-state index is 5.65. The Kier molecular flexibility index (Phi) is 5.94. The topological polar surface area (TPSA) is 47.0 Å². The number of nitrogens with zero attached hydrogens (tertiary/aromatic N) is 2. The molecule has 0 fully saturated rings. The Hall–Kier alpha value is -0.980. The lowest BCUT2D eigenvalue weighted by Gasteiger charge is -2.04. The van der Waals surface area contributed by atoms with Crippen LogP contribution in [0.3, 0.4) is 0 Å². The zero-order valence-electron chi connectivity index (χ0n) is 11.6. The molecule has 0 atom stereocenters. The molecule has 1 N–H and O–H groups in total. The van der Waals surface area contributed by atoms with E-state index in [0.29, 0.717) is 17.7 Å². The number of aromatic nitrogens is 2. The summed E-state index contributed by atoms with van der Waals surface area (Å²) in [5.74, 6) is 0.634. The third kappa shape index (κ3) is 5.19. The van der Waals surface area contributed by atoms with Crippen LogP contribution in [0.2, 0.25) is 0 Å². The Bertz CT molecular complexity index is 545. The minimum absolute atomic E-state index is 0.507. The van der Waals surface area contributed by atoms with E-state index in [1.165, 1.54) is 11.3 Å². The fraction of sp³-hybridized carbons (Fsp3) is 0.429. The lowest BCUT2D eigenvalue weighted by Crippen LogP contribution is -2.18. The number of hydrogen-bond acceptors (Lipinski definition) is 5. The van der Waals surface area contributed by atoms with Gasteiger partial charge in [0.05, 0.1) is 0 Å². The number of rotatable bonds is 7. The van der Waals surface area contributed by atoms with E-state index in [0.717, 1.165) is 28.1 Å². The first-order chi connectivity index (χ1) is 9.63. The zero-order valence-corrected chi connectivity index (χ0v) is 14.0. The smallest absolute Gasteiger partial charge is 0.294 e. The molecule has 0 saturated heterocycles. The van der Waals surface area contributed by atoms with Gasteiger partial charge in [0.25, 0.3) is 5.19 Å². The van der Waals surface area contributed by atoms with Crippen molar-refractivity contribution < 1.29 is 4.74 Å². The molecule has 1 aromatic heterocycles. The molecule has 0 amide bonds. The zero-order chi connectivity index (χ0) is 14.4. The Morgan fingerprint density at radius 1 is 1.35 bits per heavy atom. The van der Waals surface area contributed by atoms with Crippen molar-refractivity contribution in [3.63, 3.8) is 0 Å². The predicted octanol–water partition coefficient (Wildman–Crippen LogP) is 3.63. The maximum atomic E-state index is 5.65. The number of ether oxygens (including phenoxy) is 1. The minimum Gasteiger partial charge on any atom is -0.464 e. The second kappa shape index (κ2) is 7.71. The van der Waals surface area contributed by atoms with Gasteiger partial charge in [0.2, 0.25) is 0 Å². The van der Waals surface area contributed by atoms with Gasteiger partial charge in [0.15, 0.2) is 0 Å². The largest absolute Gasteiger partial charge is 0.464 e. The van der Waals surface area contributed by atoms with Crippen LogP contribution in [0.25, 0.3) is 0 Å². The normalized spacial score (nSPS) is 11.0. The summed E-state index contributed by atoms with van der Waals surface area (Å²) in [6, 6.07) is 8.04. The van der Waals surface area contributed by atoms with Crippen molar-refractivity contribution in [2.45, 2.75) is 27.0 Å². The Morgan fingerprint density at radius 2 is 2.20 bits per heavy atom. The van der Waals surface area contributed by atoms with Crippen LogP contribution < -0.4 is 10.1 Å². The molecule has 6 heteroatoms. The quantitative estimate of drug-likeness (QED) is 0.823. The summed E-state index contributed by atoms with van der Waals surface area (Å²) in [4.78, 5) is 0. The predicted molar refractivity (Wildman–Crippen MR) is 84.9 cm³/mol. The summed E-state index contributed by atoms with van der Waals surface area (Å²) in [6.07, 6.45) is 0.